The molecule has 1 fully saturated rings. The molecular formula is C13H14BrNO5. The van der Waals surface area contributed by atoms with Gasteiger partial charge in [-0.3, -0.25) is 4.79 Å². The van der Waals surface area contributed by atoms with Crippen LogP contribution in [-0.2, 0) is 9.53 Å². The van der Waals surface area contributed by atoms with Crippen molar-refractivity contribution >= 4 is 27.8 Å². The maximum absolute atomic E-state index is 12.1. The number of likely N-dealkylation sites (tertiary alicyclic amines) is 1. The number of carbonyl (C=O) groups is 2. The van der Waals surface area contributed by atoms with Crippen LogP contribution in [0.3, 0.4) is 0 Å². The number of aromatic hydroxyl groups is 1. The van der Waals surface area contributed by atoms with Crippen molar-refractivity contribution in [3.05, 3.63) is 28.2 Å². The first kappa shape index (κ1) is 14.8. The van der Waals surface area contributed by atoms with E-state index in [1.54, 1.807) is 24.0 Å². The summed E-state index contributed by atoms with van der Waals surface area (Å²) in [5.41, 5.74) is -0.239. The Labute approximate surface area is 124 Å². The molecule has 2 N–H and O–H groups in total. The van der Waals surface area contributed by atoms with Gasteiger partial charge in [0, 0.05) is 5.56 Å². The van der Waals surface area contributed by atoms with E-state index in [2.05, 4.69) is 15.9 Å². The number of carboxylic acid groups (broad SMARTS) is 1. The van der Waals surface area contributed by atoms with Crippen LogP contribution < -0.4 is 0 Å². The first-order chi connectivity index (χ1) is 9.31. The number of ether oxygens (including phenoxy) is 1. The Kier molecular flexibility index (Phi) is 4.01. The van der Waals surface area contributed by atoms with Crippen LogP contribution in [0.1, 0.15) is 17.3 Å². The molecule has 1 aliphatic heterocycles. The van der Waals surface area contributed by atoms with Gasteiger partial charge in [0.25, 0.3) is 5.91 Å². The second kappa shape index (κ2) is 5.41. The van der Waals surface area contributed by atoms with Gasteiger partial charge in [0.2, 0.25) is 0 Å². The quantitative estimate of drug-likeness (QED) is 0.864. The Morgan fingerprint density at radius 2 is 2.10 bits per heavy atom. The minimum absolute atomic E-state index is 0.00117. The average molecular weight is 344 g/mol. The number of hydrogen-bond acceptors (Lipinski definition) is 4. The van der Waals surface area contributed by atoms with Gasteiger partial charge in [0.05, 0.1) is 17.6 Å². The van der Waals surface area contributed by atoms with E-state index < -0.39 is 11.6 Å². The third kappa shape index (κ3) is 3.10. The predicted octanol–water partition coefficient (Wildman–Crippen LogP) is 1.47. The van der Waals surface area contributed by atoms with Crippen LogP contribution in [0.15, 0.2) is 22.7 Å². The van der Waals surface area contributed by atoms with Crippen LogP contribution in [0.2, 0.25) is 0 Å². The summed E-state index contributed by atoms with van der Waals surface area (Å²) >= 11 is 3.15. The van der Waals surface area contributed by atoms with E-state index in [4.69, 9.17) is 9.84 Å². The van der Waals surface area contributed by atoms with E-state index in [9.17, 15) is 14.7 Å². The van der Waals surface area contributed by atoms with Crippen LogP contribution in [0.25, 0.3) is 0 Å². The number of benzene rings is 1. The molecule has 7 heteroatoms. The summed E-state index contributed by atoms with van der Waals surface area (Å²) in [6.45, 7) is 2.04. The first-order valence-electron chi connectivity index (χ1n) is 5.94. The lowest BCUT2D eigenvalue weighted by molar-refractivity contribution is -0.159. The van der Waals surface area contributed by atoms with Crippen molar-refractivity contribution in [3.8, 4) is 5.75 Å². The van der Waals surface area contributed by atoms with Gasteiger partial charge < -0.3 is 19.8 Å². The molecule has 0 aliphatic carbocycles. The monoisotopic (exact) mass is 343 g/mol. The summed E-state index contributed by atoms with van der Waals surface area (Å²) in [7, 11) is 0. The van der Waals surface area contributed by atoms with Gasteiger partial charge in [0.1, 0.15) is 18.0 Å². The standard InChI is InChI=1S/C13H14BrNO5/c1-13(20-5-11(17)18)6-15(7-13)12(19)8-2-3-9(14)10(16)4-8/h2-4,16H,5-7H2,1H3,(H,17,18). The first-order valence-corrected chi connectivity index (χ1v) is 6.73. The highest BCUT2D eigenvalue weighted by Gasteiger charge is 2.43. The summed E-state index contributed by atoms with van der Waals surface area (Å²) in [4.78, 5) is 24.1. The number of amides is 1. The Morgan fingerprint density at radius 3 is 2.65 bits per heavy atom. The molecule has 20 heavy (non-hydrogen) atoms. The molecule has 1 aliphatic rings. The van der Waals surface area contributed by atoms with E-state index in [1.807, 2.05) is 0 Å². The lowest BCUT2D eigenvalue weighted by atomic mass is 9.95. The van der Waals surface area contributed by atoms with Crippen LogP contribution in [0.4, 0.5) is 0 Å². The maximum atomic E-state index is 12.1. The van der Waals surface area contributed by atoms with Gasteiger partial charge in [0.15, 0.2) is 0 Å². The fourth-order valence-electron chi connectivity index (χ4n) is 2.06. The van der Waals surface area contributed by atoms with E-state index in [0.717, 1.165) is 0 Å². The van der Waals surface area contributed by atoms with Crippen LogP contribution in [0.5, 0.6) is 5.75 Å². The molecule has 0 bridgehead atoms. The highest BCUT2D eigenvalue weighted by Crippen LogP contribution is 2.29. The molecule has 1 saturated heterocycles. The number of nitrogens with zero attached hydrogens (tertiary/aromatic N) is 1. The molecule has 2 rings (SSSR count). The van der Waals surface area contributed by atoms with Gasteiger partial charge in [-0.05, 0) is 41.1 Å². The van der Waals surface area contributed by atoms with E-state index >= 15 is 0 Å². The van der Waals surface area contributed by atoms with Crippen molar-refractivity contribution < 1.29 is 24.5 Å². The summed E-state index contributed by atoms with van der Waals surface area (Å²) < 4.78 is 5.76. The third-order valence-electron chi connectivity index (χ3n) is 3.08. The molecule has 108 valence electrons. The summed E-state index contributed by atoms with van der Waals surface area (Å²) in [6, 6.07) is 4.60. The van der Waals surface area contributed by atoms with Gasteiger partial charge in [-0.1, -0.05) is 0 Å². The number of phenols is 1. The van der Waals surface area contributed by atoms with Crippen molar-refractivity contribution in [2.24, 2.45) is 0 Å². The number of hydrogen-bond donors (Lipinski definition) is 2. The van der Waals surface area contributed by atoms with Crippen molar-refractivity contribution in [1.29, 1.82) is 0 Å². The van der Waals surface area contributed by atoms with Crippen molar-refractivity contribution in [2.75, 3.05) is 19.7 Å². The highest BCUT2D eigenvalue weighted by atomic mass is 79.9. The van der Waals surface area contributed by atoms with Crippen molar-refractivity contribution in [3.63, 3.8) is 0 Å². The van der Waals surface area contributed by atoms with E-state index in [-0.39, 0.29) is 18.3 Å². The SMILES string of the molecule is CC1(OCC(=O)O)CN(C(=O)c2ccc(Br)c(O)c2)C1. The lowest BCUT2D eigenvalue weighted by Gasteiger charge is -2.47. The lowest BCUT2D eigenvalue weighted by Crippen LogP contribution is -2.63. The Hall–Kier alpha value is -1.60. The summed E-state index contributed by atoms with van der Waals surface area (Å²) in [5, 5.41) is 18.1. The Morgan fingerprint density at radius 1 is 1.45 bits per heavy atom. The largest absolute Gasteiger partial charge is 0.507 e. The van der Waals surface area contributed by atoms with Gasteiger partial charge in [-0.25, -0.2) is 4.79 Å². The summed E-state index contributed by atoms with van der Waals surface area (Å²) in [5.74, 6) is -1.25. The molecule has 0 radical (unpaired) electrons. The molecule has 1 heterocycles. The highest BCUT2D eigenvalue weighted by molar-refractivity contribution is 9.10. The fraction of sp³-hybridized carbons (Fsp3) is 0.385. The minimum atomic E-state index is -1.03. The van der Waals surface area contributed by atoms with Crippen LogP contribution in [-0.4, -0.2) is 52.3 Å². The smallest absolute Gasteiger partial charge is 0.329 e. The van der Waals surface area contributed by atoms with Crippen LogP contribution >= 0.6 is 15.9 Å². The number of carboxylic acids is 1. The van der Waals surface area contributed by atoms with Gasteiger partial charge in [-0.2, -0.15) is 0 Å². The zero-order valence-corrected chi connectivity index (χ0v) is 12.4. The predicted molar refractivity (Wildman–Crippen MR) is 73.7 cm³/mol. The van der Waals surface area contributed by atoms with Gasteiger partial charge >= 0.3 is 5.97 Å². The topological polar surface area (TPSA) is 87.1 Å². The number of phenolic OH excluding ortho intramolecular Hbond substituents is 1. The zero-order chi connectivity index (χ0) is 14.9. The number of halogens is 1. The minimum Gasteiger partial charge on any atom is -0.507 e. The second-order valence-corrected chi connectivity index (χ2v) is 5.81. The Bertz CT molecular complexity index is 554. The molecule has 0 unspecified atom stereocenters. The Balaban J connectivity index is 1.96. The molecule has 0 atom stereocenters. The van der Waals surface area contributed by atoms with E-state index in [0.29, 0.717) is 23.1 Å². The third-order valence-corrected chi connectivity index (χ3v) is 3.75. The van der Waals surface area contributed by atoms with Crippen molar-refractivity contribution in [1.82, 2.24) is 4.90 Å². The summed E-state index contributed by atoms with van der Waals surface area (Å²) in [6.07, 6.45) is 0. The second-order valence-electron chi connectivity index (χ2n) is 4.96. The molecule has 0 aromatic heterocycles. The number of carbonyl (C=O) groups excluding carboxylic acids is 1. The normalized spacial score (nSPS) is 16.6. The molecule has 1 amide bonds. The average Bonchev–Trinajstić information content (AvgIpc) is 2.35. The molecule has 1 aromatic carbocycles. The molecular weight excluding hydrogens is 330 g/mol. The van der Waals surface area contributed by atoms with Gasteiger partial charge in [-0.15, -0.1) is 0 Å². The number of rotatable bonds is 4. The fourth-order valence-corrected chi connectivity index (χ4v) is 2.31. The van der Waals surface area contributed by atoms with Crippen molar-refractivity contribution in [2.45, 2.75) is 12.5 Å². The molecule has 0 saturated carbocycles. The molecule has 0 spiro atoms. The van der Waals surface area contributed by atoms with E-state index in [1.165, 1.54) is 6.07 Å². The zero-order valence-electron chi connectivity index (χ0n) is 10.8. The van der Waals surface area contributed by atoms with Crippen LogP contribution in [0, 0.1) is 0 Å². The molecule has 6 nitrogen and oxygen atoms in total. The maximum Gasteiger partial charge on any atom is 0.329 e. The number of aliphatic carboxylic acids is 1. The molecule has 1 aromatic rings.